The minimum absolute atomic E-state index is 0.0221. The van der Waals surface area contributed by atoms with E-state index >= 15 is 0 Å². The third-order valence-corrected chi connectivity index (χ3v) is 3.42. The third-order valence-electron chi connectivity index (χ3n) is 3.18. The van der Waals surface area contributed by atoms with Crippen molar-refractivity contribution in [1.29, 1.82) is 0 Å². The summed E-state index contributed by atoms with van der Waals surface area (Å²) in [7, 11) is 1.64. The lowest BCUT2D eigenvalue weighted by molar-refractivity contribution is 0.116. The van der Waals surface area contributed by atoms with Gasteiger partial charge in [-0.1, -0.05) is 12.2 Å². The lowest BCUT2D eigenvalue weighted by atomic mass is 10.1. The zero-order valence-corrected chi connectivity index (χ0v) is 11.5. The van der Waals surface area contributed by atoms with Crippen LogP contribution in [0.5, 0.6) is 0 Å². The predicted octanol–water partition coefficient (Wildman–Crippen LogP) is 2.21. The summed E-state index contributed by atoms with van der Waals surface area (Å²) in [5, 5.41) is 0. The van der Waals surface area contributed by atoms with Crippen LogP contribution in [-0.4, -0.2) is 31.3 Å². The van der Waals surface area contributed by atoms with Gasteiger partial charge in [-0.3, -0.25) is 0 Å². The molecule has 1 unspecified atom stereocenters. The molecule has 0 radical (unpaired) electrons. The van der Waals surface area contributed by atoms with Crippen molar-refractivity contribution in [2.45, 2.75) is 18.9 Å². The number of benzene rings is 1. The van der Waals surface area contributed by atoms with Gasteiger partial charge in [-0.15, -0.1) is 0 Å². The first-order valence-electron chi connectivity index (χ1n) is 6.10. The molecule has 1 aromatic rings. The number of ether oxygens (including phenoxy) is 1. The Morgan fingerprint density at radius 2 is 2.11 bits per heavy atom. The summed E-state index contributed by atoms with van der Waals surface area (Å²) in [6.07, 6.45) is 1.93. The molecule has 1 fully saturated rings. The number of rotatable bonds is 4. The average molecular weight is 286 g/mol. The van der Waals surface area contributed by atoms with Crippen LogP contribution in [-0.2, 0) is 4.74 Å². The van der Waals surface area contributed by atoms with E-state index in [-0.39, 0.29) is 22.3 Å². The van der Waals surface area contributed by atoms with Crippen molar-refractivity contribution >= 4 is 22.9 Å². The summed E-state index contributed by atoms with van der Waals surface area (Å²) in [5.41, 5.74) is 5.49. The van der Waals surface area contributed by atoms with E-state index in [0.29, 0.717) is 13.2 Å². The average Bonchev–Trinajstić information content (AvgIpc) is 2.80. The molecule has 2 rings (SSSR count). The lowest BCUT2D eigenvalue weighted by Crippen LogP contribution is -2.30. The molecule has 104 valence electrons. The smallest absolute Gasteiger partial charge is 0.150 e. The van der Waals surface area contributed by atoms with Crippen molar-refractivity contribution < 1.29 is 13.5 Å². The van der Waals surface area contributed by atoms with Crippen molar-refractivity contribution in [3.05, 3.63) is 29.3 Å². The normalized spacial score (nSPS) is 18.6. The molecule has 0 aliphatic carbocycles. The molecule has 3 nitrogen and oxygen atoms in total. The number of likely N-dealkylation sites (N-methyl/N-ethyl adjacent to an activating group) is 1. The minimum Gasteiger partial charge on any atom is -0.389 e. The molecule has 2 N–H and O–H groups in total. The van der Waals surface area contributed by atoms with Crippen LogP contribution in [0.15, 0.2) is 12.1 Å². The molecule has 0 aromatic heterocycles. The number of anilines is 1. The summed E-state index contributed by atoms with van der Waals surface area (Å²) in [5.74, 6) is -1.33. The van der Waals surface area contributed by atoms with Crippen LogP contribution < -0.4 is 10.6 Å². The van der Waals surface area contributed by atoms with Gasteiger partial charge in [0.1, 0.15) is 22.3 Å². The number of thiocarbonyl (C=S) groups is 1. The fourth-order valence-electron chi connectivity index (χ4n) is 2.26. The van der Waals surface area contributed by atoms with Gasteiger partial charge in [0, 0.05) is 25.8 Å². The number of hydrogen-bond donors (Lipinski definition) is 1. The second-order valence-corrected chi connectivity index (χ2v) is 5.11. The highest BCUT2D eigenvalue weighted by Crippen LogP contribution is 2.25. The van der Waals surface area contributed by atoms with Gasteiger partial charge in [-0.2, -0.15) is 0 Å². The second kappa shape index (κ2) is 5.79. The van der Waals surface area contributed by atoms with Crippen LogP contribution in [0, 0.1) is 11.6 Å². The Balaban J connectivity index is 2.21. The van der Waals surface area contributed by atoms with Gasteiger partial charge in [0.15, 0.2) is 0 Å². The molecule has 6 heteroatoms. The summed E-state index contributed by atoms with van der Waals surface area (Å²) in [6.45, 7) is 1.17. The molecule has 1 atom stereocenters. The van der Waals surface area contributed by atoms with Crippen LogP contribution in [0.4, 0.5) is 14.5 Å². The fraction of sp³-hybridized carbons (Fsp3) is 0.462. The van der Waals surface area contributed by atoms with Crippen LogP contribution in [0.1, 0.15) is 18.4 Å². The zero-order valence-electron chi connectivity index (χ0n) is 10.7. The Morgan fingerprint density at radius 1 is 1.47 bits per heavy atom. The van der Waals surface area contributed by atoms with Gasteiger partial charge in [0.05, 0.1) is 6.10 Å². The quantitative estimate of drug-likeness (QED) is 0.861. The van der Waals surface area contributed by atoms with Crippen molar-refractivity contribution in [2.24, 2.45) is 5.73 Å². The maximum atomic E-state index is 14.0. The largest absolute Gasteiger partial charge is 0.389 e. The highest BCUT2D eigenvalue weighted by Gasteiger charge is 2.22. The van der Waals surface area contributed by atoms with Gasteiger partial charge in [0.2, 0.25) is 0 Å². The minimum atomic E-state index is -0.664. The Morgan fingerprint density at radius 3 is 2.58 bits per heavy atom. The summed E-state index contributed by atoms with van der Waals surface area (Å²) in [6, 6.07) is 2.32. The third kappa shape index (κ3) is 3.19. The van der Waals surface area contributed by atoms with Gasteiger partial charge in [0.25, 0.3) is 0 Å². The summed E-state index contributed by atoms with van der Waals surface area (Å²) < 4.78 is 33.4. The molecule has 0 spiro atoms. The van der Waals surface area contributed by atoms with Gasteiger partial charge in [-0.25, -0.2) is 8.78 Å². The molecule has 1 saturated heterocycles. The van der Waals surface area contributed by atoms with Crippen molar-refractivity contribution in [3.8, 4) is 0 Å². The molecule has 0 bridgehead atoms. The molecule has 0 amide bonds. The maximum Gasteiger partial charge on any atom is 0.150 e. The fourth-order valence-corrected chi connectivity index (χ4v) is 2.38. The number of nitrogens with two attached hydrogens (primary N) is 1. The first kappa shape index (κ1) is 14.1. The van der Waals surface area contributed by atoms with Crippen molar-refractivity contribution in [2.75, 3.05) is 25.1 Å². The molecular weight excluding hydrogens is 270 g/mol. The summed E-state index contributed by atoms with van der Waals surface area (Å²) in [4.78, 5) is 1.51. The first-order chi connectivity index (χ1) is 8.99. The Bertz CT molecular complexity index is 467. The molecule has 1 aliphatic heterocycles. The van der Waals surface area contributed by atoms with E-state index in [0.717, 1.165) is 25.0 Å². The number of hydrogen-bond acceptors (Lipinski definition) is 3. The van der Waals surface area contributed by atoms with E-state index in [1.165, 1.54) is 4.90 Å². The Kier molecular flexibility index (Phi) is 4.31. The number of nitrogens with zero attached hydrogens (tertiary/aromatic N) is 1. The highest BCUT2D eigenvalue weighted by molar-refractivity contribution is 7.80. The van der Waals surface area contributed by atoms with E-state index in [1.807, 2.05) is 0 Å². The maximum absolute atomic E-state index is 14.0. The Labute approximate surface area is 116 Å². The molecule has 1 aromatic carbocycles. The molecule has 0 saturated carbocycles. The van der Waals surface area contributed by atoms with E-state index < -0.39 is 11.6 Å². The van der Waals surface area contributed by atoms with Gasteiger partial charge < -0.3 is 15.4 Å². The SMILES string of the molecule is CN(CC1CCCO1)c1c(F)cc(C(N)=S)cc1F. The van der Waals surface area contributed by atoms with E-state index in [9.17, 15) is 8.78 Å². The van der Waals surface area contributed by atoms with Gasteiger partial charge >= 0.3 is 0 Å². The second-order valence-electron chi connectivity index (χ2n) is 4.67. The van der Waals surface area contributed by atoms with E-state index in [2.05, 4.69) is 0 Å². The zero-order chi connectivity index (χ0) is 14.0. The Hall–Kier alpha value is -1.27. The van der Waals surface area contributed by atoms with Gasteiger partial charge in [-0.05, 0) is 25.0 Å². The van der Waals surface area contributed by atoms with E-state index in [1.54, 1.807) is 7.05 Å². The van der Waals surface area contributed by atoms with Crippen LogP contribution in [0.3, 0.4) is 0 Å². The molecule has 19 heavy (non-hydrogen) atoms. The lowest BCUT2D eigenvalue weighted by Gasteiger charge is -2.24. The monoisotopic (exact) mass is 286 g/mol. The molecular formula is C13H16F2N2OS. The van der Waals surface area contributed by atoms with Crippen LogP contribution in [0.25, 0.3) is 0 Å². The predicted molar refractivity (Wildman–Crippen MR) is 74.5 cm³/mol. The molecule has 1 heterocycles. The summed E-state index contributed by atoms with van der Waals surface area (Å²) >= 11 is 4.72. The number of halogens is 2. The topological polar surface area (TPSA) is 38.5 Å². The van der Waals surface area contributed by atoms with Crippen molar-refractivity contribution in [1.82, 2.24) is 0 Å². The van der Waals surface area contributed by atoms with Crippen molar-refractivity contribution in [3.63, 3.8) is 0 Å². The van der Waals surface area contributed by atoms with E-state index in [4.69, 9.17) is 22.7 Å². The van der Waals surface area contributed by atoms with Crippen LogP contribution in [0.2, 0.25) is 0 Å². The highest BCUT2D eigenvalue weighted by atomic mass is 32.1. The standard InChI is InChI=1S/C13H16F2N2OS/c1-17(7-9-3-2-4-18-9)12-10(14)5-8(13(16)19)6-11(12)15/h5-6,9H,2-4,7H2,1H3,(H2,16,19). The molecule has 1 aliphatic rings. The van der Waals surface area contributed by atoms with Crippen LogP contribution >= 0.6 is 12.2 Å². The first-order valence-corrected chi connectivity index (χ1v) is 6.51.